The van der Waals surface area contributed by atoms with Crippen LogP contribution in [0.25, 0.3) is 22.6 Å². The Bertz CT molecular complexity index is 1050. The Hall–Kier alpha value is -3.77. The van der Waals surface area contributed by atoms with Gasteiger partial charge in [-0.05, 0) is 32.9 Å². The summed E-state index contributed by atoms with van der Waals surface area (Å²) in [7, 11) is 0. The van der Waals surface area contributed by atoms with Gasteiger partial charge in [0.1, 0.15) is 12.1 Å². The Morgan fingerprint density at radius 1 is 1.30 bits per heavy atom. The molecule has 1 unspecified atom stereocenters. The summed E-state index contributed by atoms with van der Waals surface area (Å²) in [5.74, 6) is 0.0983. The van der Waals surface area contributed by atoms with Gasteiger partial charge < -0.3 is 15.0 Å². The molecule has 2 heterocycles. The molecule has 153 valence electrons. The minimum Gasteiger partial charge on any atom is -0.352 e. The van der Waals surface area contributed by atoms with Gasteiger partial charge in [-0.15, -0.1) is 0 Å². The molecule has 0 fully saturated rings. The Kier molecular flexibility index (Phi) is 6.09. The van der Waals surface area contributed by atoms with Crippen LogP contribution in [0.1, 0.15) is 32.8 Å². The molecular weight excluding hydrogens is 382 g/mol. The monoisotopic (exact) mass is 404 g/mol. The number of ether oxygens (including phenoxy) is 1. The van der Waals surface area contributed by atoms with Gasteiger partial charge in [0.05, 0.1) is 34.9 Å². The fourth-order valence-electron chi connectivity index (χ4n) is 2.82. The van der Waals surface area contributed by atoms with Crippen molar-refractivity contribution in [2.45, 2.75) is 39.0 Å². The van der Waals surface area contributed by atoms with Crippen LogP contribution < -0.4 is 11.1 Å². The van der Waals surface area contributed by atoms with E-state index in [1.165, 1.54) is 0 Å². The van der Waals surface area contributed by atoms with Crippen molar-refractivity contribution in [1.29, 1.82) is 5.26 Å². The van der Waals surface area contributed by atoms with Crippen molar-refractivity contribution in [3.8, 4) is 28.7 Å². The predicted molar refractivity (Wildman–Crippen MR) is 111 cm³/mol. The fraction of sp³-hybridized carbons (Fsp3) is 0.286. The number of anilines is 1. The molecule has 1 amide bonds. The molecule has 0 aliphatic heterocycles. The van der Waals surface area contributed by atoms with E-state index in [-0.39, 0.29) is 12.4 Å². The van der Waals surface area contributed by atoms with Crippen LogP contribution in [0.3, 0.4) is 0 Å². The summed E-state index contributed by atoms with van der Waals surface area (Å²) < 4.78 is 5.84. The van der Waals surface area contributed by atoms with Gasteiger partial charge in [0.15, 0.2) is 0 Å². The summed E-state index contributed by atoms with van der Waals surface area (Å²) in [6.07, 6.45) is 4.07. The number of hydrogen-bond donors (Lipinski definition) is 2. The zero-order valence-corrected chi connectivity index (χ0v) is 16.9. The summed E-state index contributed by atoms with van der Waals surface area (Å²) >= 11 is 0. The SMILES string of the molecule is CC(C)(C)OC(CC([NH])=O)Nc1ncc(-c2ncc[nH]2)c(-c2ccc(C#N)cc2)n1. The Morgan fingerprint density at radius 2 is 2.03 bits per heavy atom. The van der Waals surface area contributed by atoms with E-state index >= 15 is 0 Å². The number of aromatic amines is 1. The third kappa shape index (κ3) is 5.40. The zero-order valence-electron chi connectivity index (χ0n) is 16.9. The molecule has 1 atom stereocenters. The first kappa shape index (κ1) is 21.0. The average Bonchev–Trinajstić information content (AvgIpc) is 3.21. The van der Waals surface area contributed by atoms with Gasteiger partial charge in [-0.1, -0.05) is 12.1 Å². The second kappa shape index (κ2) is 8.71. The molecule has 0 spiro atoms. The van der Waals surface area contributed by atoms with E-state index in [2.05, 4.69) is 31.3 Å². The standard InChI is InChI=1S/C21H22N7O2/c1-21(2,3)30-17(10-16(23)29)27-20-26-12-15(19-24-8-9-25-19)18(28-20)14-6-4-13(11-22)5-7-14/h4-9,12,17,23H,10H2,1-3H3,(H,24,25)(H,26,27,28). The zero-order chi connectivity index (χ0) is 21.7. The molecule has 9 nitrogen and oxygen atoms in total. The molecule has 0 saturated heterocycles. The minimum absolute atomic E-state index is 0.146. The second-order valence-corrected chi connectivity index (χ2v) is 7.57. The van der Waals surface area contributed by atoms with E-state index in [0.717, 1.165) is 5.56 Å². The van der Waals surface area contributed by atoms with E-state index < -0.39 is 17.7 Å². The third-order valence-corrected chi connectivity index (χ3v) is 3.99. The van der Waals surface area contributed by atoms with E-state index in [1.54, 1.807) is 42.9 Å². The van der Waals surface area contributed by atoms with Crippen LogP contribution in [-0.2, 0) is 9.53 Å². The van der Waals surface area contributed by atoms with Gasteiger partial charge in [-0.2, -0.15) is 5.26 Å². The van der Waals surface area contributed by atoms with Gasteiger partial charge in [0.25, 0.3) is 0 Å². The number of amides is 1. The highest BCUT2D eigenvalue weighted by molar-refractivity contribution is 5.78. The highest BCUT2D eigenvalue weighted by atomic mass is 16.5. The molecule has 30 heavy (non-hydrogen) atoms. The topological polar surface area (TPSA) is 140 Å². The summed E-state index contributed by atoms with van der Waals surface area (Å²) in [5.41, 5.74) is 9.35. The molecule has 2 aromatic heterocycles. The number of imidazole rings is 1. The van der Waals surface area contributed by atoms with Crippen LogP contribution in [0, 0.1) is 11.3 Å². The fourth-order valence-corrected chi connectivity index (χ4v) is 2.82. The second-order valence-electron chi connectivity index (χ2n) is 7.57. The lowest BCUT2D eigenvalue weighted by molar-refractivity contribution is -0.123. The smallest absolute Gasteiger partial charge is 0.242 e. The number of H-pyrrole nitrogens is 1. The van der Waals surface area contributed by atoms with Crippen molar-refractivity contribution in [3.63, 3.8) is 0 Å². The van der Waals surface area contributed by atoms with Crippen molar-refractivity contribution >= 4 is 11.9 Å². The number of rotatable bonds is 7. The maximum atomic E-state index is 11.4. The molecule has 0 saturated carbocycles. The lowest BCUT2D eigenvalue weighted by atomic mass is 10.1. The summed E-state index contributed by atoms with van der Waals surface area (Å²) in [6, 6.07) is 9.11. The van der Waals surface area contributed by atoms with Crippen LogP contribution in [0.2, 0.25) is 0 Å². The number of nitrogens with one attached hydrogen (secondary N) is 3. The molecule has 0 aliphatic rings. The number of nitrogens with zero attached hydrogens (tertiary/aromatic N) is 4. The quantitative estimate of drug-likeness (QED) is 0.576. The van der Waals surface area contributed by atoms with Crippen LogP contribution >= 0.6 is 0 Å². The highest BCUT2D eigenvalue weighted by Gasteiger charge is 2.22. The summed E-state index contributed by atoms with van der Waals surface area (Å²) in [4.78, 5) is 27.6. The average molecular weight is 404 g/mol. The Morgan fingerprint density at radius 3 is 2.60 bits per heavy atom. The number of aromatic nitrogens is 4. The van der Waals surface area contributed by atoms with E-state index in [1.807, 2.05) is 20.8 Å². The molecule has 9 heteroatoms. The van der Waals surface area contributed by atoms with Crippen LogP contribution in [0.15, 0.2) is 42.9 Å². The molecule has 0 aliphatic carbocycles. The maximum absolute atomic E-state index is 11.4. The minimum atomic E-state index is -0.753. The Labute approximate surface area is 174 Å². The molecule has 1 aromatic carbocycles. The normalized spacial score (nSPS) is 12.2. The van der Waals surface area contributed by atoms with Crippen LogP contribution in [-0.4, -0.2) is 37.7 Å². The van der Waals surface area contributed by atoms with Crippen molar-refractivity contribution in [2.75, 3.05) is 5.32 Å². The van der Waals surface area contributed by atoms with E-state index in [9.17, 15) is 4.79 Å². The van der Waals surface area contributed by atoms with Crippen molar-refractivity contribution in [2.24, 2.45) is 0 Å². The third-order valence-electron chi connectivity index (χ3n) is 3.99. The van der Waals surface area contributed by atoms with Gasteiger partial charge >= 0.3 is 0 Å². The molecule has 0 bridgehead atoms. The van der Waals surface area contributed by atoms with Gasteiger partial charge in [0, 0.05) is 24.2 Å². The number of carbonyl (C=O) groups is 1. The molecular formula is C21H22N7O2. The van der Waals surface area contributed by atoms with Gasteiger partial charge in [-0.3, -0.25) is 10.5 Å². The summed E-state index contributed by atoms with van der Waals surface area (Å²) in [6.45, 7) is 5.58. The first-order chi connectivity index (χ1) is 14.2. The van der Waals surface area contributed by atoms with Crippen LogP contribution in [0.5, 0.6) is 0 Å². The molecule has 3 N–H and O–H groups in total. The molecule has 3 aromatic rings. The molecule has 1 radical (unpaired) electrons. The number of benzene rings is 1. The largest absolute Gasteiger partial charge is 0.352 e. The van der Waals surface area contributed by atoms with Crippen LogP contribution in [0.4, 0.5) is 5.95 Å². The first-order valence-corrected chi connectivity index (χ1v) is 9.31. The summed E-state index contributed by atoms with van der Waals surface area (Å²) in [5, 5.41) is 12.1. The Balaban J connectivity index is 2.00. The predicted octanol–water partition coefficient (Wildman–Crippen LogP) is 3.16. The lowest BCUT2D eigenvalue weighted by Crippen LogP contribution is -2.35. The van der Waals surface area contributed by atoms with Crippen molar-refractivity contribution in [3.05, 3.63) is 48.4 Å². The van der Waals surface area contributed by atoms with Crippen molar-refractivity contribution in [1.82, 2.24) is 25.7 Å². The molecule has 3 rings (SSSR count). The first-order valence-electron chi connectivity index (χ1n) is 9.31. The van der Waals surface area contributed by atoms with Gasteiger partial charge in [-0.25, -0.2) is 15.0 Å². The van der Waals surface area contributed by atoms with E-state index in [0.29, 0.717) is 22.6 Å². The number of carbonyl (C=O) groups excluding carboxylic acids is 1. The van der Waals surface area contributed by atoms with Gasteiger partial charge in [0.2, 0.25) is 11.9 Å². The lowest BCUT2D eigenvalue weighted by Gasteiger charge is -2.27. The maximum Gasteiger partial charge on any atom is 0.242 e. The highest BCUT2D eigenvalue weighted by Crippen LogP contribution is 2.29. The van der Waals surface area contributed by atoms with E-state index in [4.69, 9.17) is 15.7 Å². The number of hydrogen-bond acceptors (Lipinski definition) is 7. The number of nitriles is 1. The van der Waals surface area contributed by atoms with Crippen molar-refractivity contribution < 1.29 is 9.53 Å².